The molecule has 0 radical (unpaired) electrons. The van der Waals surface area contributed by atoms with Crippen LogP contribution in [-0.2, 0) is 4.79 Å². The third kappa shape index (κ3) is 2.10. The van der Waals surface area contributed by atoms with Crippen LogP contribution in [0.25, 0.3) is 0 Å². The Balaban J connectivity index is 1.86. The summed E-state index contributed by atoms with van der Waals surface area (Å²) in [6.45, 7) is 0. The average Bonchev–Trinajstić information content (AvgIpc) is 3.22. The Hall–Kier alpha value is -2.22. The molecule has 0 saturated heterocycles. The van der Waals surface area contributed by atoms with Crippen LogP contribution in [0.2, 0.25) is 0 Å². The van der Waals surface area contributed by atoms with Crippen LogP contribution in [0.1, 0.15) is 21.8 Å². The van der Waals surface area contributed by atoms with Crippen molar-refractivity contribution in [3.05, 3.63) is 71.8 Å². The number of hydrogen-bond donors (Lipinski definition) is 0. The van der Waals surface area contributed by atoms with E-state index >= 15 is 0 Å². The van der Waals surface area contributed by atoms with E-state index in [2.05, 4.69) is 0 Å². The topological polar surface area (TPSA) is 34.1 Å². The van der Waals surface area contributed by atoms with Crippen molar-refractivity contribution < 1.29 is 9.59 Å². The Morgan fingerprint density at radius 1 is 0.895 bits per heavy atom. The number of carbonyl (C=O) groups excluding carboxylic acids is 2. The van der Waals surface area contributed by atoms with Crippen LogP contribution in [0.4, 0.5) is 0 Å². The fourth-order valence-electron chi connectivity index (χ4n) is 2.74. The molecule has 2 aromatic carbocycles. The highest BCUT2D eigenvalue weighted by Crippen LogP contribution is 2.54. The number of Topliss-reactive ketones (excluding diaryl/α,β-unsaturated/α-hetero) is 1. The molecule has 0 heterocycles. The number of hydrogen-bond acceptors (Lipinski definition) is 2. The zero-order valence-electron chi connectivity index (χ0n) is 10.4. The van der Waals surface area contributed by atoms with Gasteiger partial charge in [0.25, 0.3) is 0 Å². The molecule has 0 bridgehead atoms. The maximum absolute atomic E-state index is 12.4. The van der Waals surface area contributed by atoms with E-state index in [9.17, 15) is 9.59 Å². The first-order chi connectivity index (χ1) is 9.33. The van der Waals surface area contributed by atoms with Gasteiger partial charge in [-0.25, -0.2) is 0 Å². The fraction of sp³-hybridized carbons (Fsp3) is 0.176. The van der Waals surface area contributed by atoms with Gasteiger partial charge in [-0.05, 0) is 5.56 Å². The van der Waals surface area contributed by atoms with Crippen LogP contribution in [0, 0.1) is 11.8 Å². The smallest absolute Gasteiger partial charge is 0.167 e. The van der Waals surface area contributed by atoms with E-state index < -0.39 is 0 Å². The summed E-state index contributed by atoms with van der Waals surface area (Å²) >= 11 is 0. The van der Waals surface area contributed by atoms with Gasteiger partial charge in [0.1, 0.15) is 6.29 Å². The summed E-state index contributed by atoms with van der Waals surface area (Å²) in [7, 11) is 0. The molecule has 1 saturated carbocycles. The molecule has 2 heteroatoms. The van der Waals surface area contributed by atoms with Crippen molar-refractivity contribution in [1.29, 1.82) is 0 Å². The Kier molecular flexibility index (Phi) is 3.00. The van der Waals surface area contributed by atoms with E-state index in [4.69, 9.17) is 0 Å². The summed E-state index contributed by atoms with van der Waals surface area (Å²) in [6, 6.07) is 19.0. The molecule has 19 heavy (non-hydrogen) atoms. The number of carbonyl (C=O) groups is 2. The lowest BCUT2D eigenvalue weighted by Gasteiger charge is -2.00. The molecule has 0 aliphatic heterocycles. The second kappa shape index (κ2) is 4.81. The van der Waals surface area contributed by atoms with E-state index in [1.54, 1.807) is 0 Å². The predicted octanol–water partition coefficient (Wildman–Crippen LogP) is 3.10. The van der Waals surface area contributed by atoms with Crippen molar-refractivity contribution in [3.63, 3.8) is 0 Å². The fourth-order valence-corrected chi connectivity index (χ4v) is 2.74. The number of ketones is 1. The van der Waals surface area contributed by atoms with Crippen molar-refractivity contribution >= 4 is 12.1 Å². The molecule has 0 spiro atoms. The molecular weight excluding hydrogens is 236 g/mol. The van der Waals surface area contributed by atoms with Gasteiger partial charge in [-0.3, -0.25) is 4.79 Å². The van der Waals surface area contributed by atoms with Gasteiger partial charge in [0.2, 0.25) is 0 Å². The van der Waals surface area contributed by atoms with E-state index in [0.717, 1.165) is 11.8 Å². The molecule has 0 N–H and O–H groups in total. The highest BCUT2D eigenvalue weighted by Gasteiger charge is 2.55. The van der Waals surface area contributed by atoms with Crippen LogP contribution in [-0.4, -0.2) is 12.1 Å². The molecule has 0 amide bonds. The second-order valence-corrected chi connectivity index (χ2v) is 4.91. The lowest BCUT2D eigenvalue weighted by Crippen LogP contribution is -2.04. The maximum atomic E-state index is 12.4. The first kappa shape index (κ1) is 11.8. The highest BCUT2D eigenvalue weighted by atomic mass is 16.1. The quantitative estimate of drug-likeness (QED) is 0.617. The minimum atomic E-state index is -0.192. The first-order valence-electron chi connectivity index (χ1n) is 6.42. The molecule has 1 aliphatic carbocycles. The summed E-state index contributed by atoms with van der Waals surface area (Å²) in [5, 5.41) is 0. The molecular formula is C17H14O2. The van der Waals surface area contributed by atoms with Gasteiger partial charge < -0.3 is 4.79 Å². The largest absolute Gasteiger partial charge is 0.303 e. The third-order valence-corrected chi connectivity index (χ3v) is 3.78. The van der Waals surface area contributed by atoms with Crippen molar-refractivity contribution in [2.75, 3.05) is 0 Å². The van der Waals surface area contributed by atoms with Gasteiger partial charge in [-0.15, -0.1) is 0 Å². The van der Waals surface area contributed by atoms with Gasteiger partial charge >= 0.3 is 0 Å². The normalized spacial score (nSPS) is 24.7. The van der Waals surface area contributed by atoms with Gasteiger partial charge in [0.05, 0.1) is 0 Å². The summed E-state index contributed by atoms with van der Waals surface area (Å²) in [6.07, 6.45) is 0.920. The zero-order valence-corrected chi connectivity index (χ0v) is 10.4. The summed E-state index contributed by atoms with van der Waals surface area (Å²) in [5.41, 5.74) is 1.77. The standard InChI is InChI=1S/C17H14O2/c18-11-14-15(12-7-3-1-4-8-12)16(14)17(19)13-9-5-2-6-10-13/h1-11,14-16H/t14?,15-,16?/m1/s1. The van der Waals surface area contributed by atoms with Gasteiger partial charge in [0.15, 0.2) is 5.78 Å². The van der Waals surface area contributed by atoms with Crippen molar-refractivity contribution in [2.24, 2.45) is 11.8 Å². The lowest BCUT2D eigenvalue weighted by molar-refractivity contribution is -0.109. The van der Waals surface area contributed by atoms with Gasteiger partial charge in [-0.1, -0.05) is 60.7 Å². The Morgan fingerprint density at radius 2 is 1.47 bits per heavy atom. The number of aldehydes is 1. The molecule has 0 aromatic heterocycles. The van der Waals surface area contributed by atoms with Crippen LogP contribution in [0.15, 0.2) is 60.7 Å². The van der Waals surface area contributed by atoms with Crippen molar-refractivity contribution in [1.82, 2.24) is 0 Å². The van der Waals surface area contributed by atoms with E-state index in [1.165, 1.54) is 0 Å². The Labute approximate surface area is 112 Å². The second-order valence-electron chi connectivity index (χ2n) is 4.91. The first-order valence-corrected chi connectivity index (χ1v) is 6.42. The van der Waals surface area contributed by atoms with E-state index in [1.807, 2.05) is 60.7 Å². The predicted molar refractivity (Wildman–Crippen MR) is 73.0 cm³/mol. The van der Waals surface area contributed by atoms with Crippen LogP contribution < -0.4 is 0 Å². The molecule has 3 atom stereocenters. The van der Waals surface area contributed by atoms with E-state index in [0.29, 0.717) is 5.56 Å². The molecule has 1 fully saturated rings. The molecule has 2 nitrogen and oxygen atoms in total. The summed E-state index contributed by atoms with van der Waals surface area (Å²) < 4.78 is 0. The van der Waals surface area contributed by atoms with Crippen LogP contribution >= 0.6 is 0 Å². The average molecular weight is 250 g/mol. The number of benzene rings is 2. The Bertz CT molecular complexity index is 589. The summed E-state index contributed by atoms with van der Waals surface area (Å²) in [5.74, 6) is -0.240. The monoisotopic (exact) mass is 250 g/mol. The minimum Gasteiger partial charge on any atom is -0.303 e. The Morgan fingerprint density at radius 3 is 2.05 bits per heavy atom. The minimum absolute atomic E-state index is 0.0476. The SMILES string of the molecule is O=CC1C(C(=O)c2ccccc2)[C@@H]1c1ccccc1. The zero-order chi connectivity index (χ0) is 13.2. The highest BCUT2D eigenvalue weighted by molar-refractivity contribution is 6.03. The molecule has 94 valence electrons. The summed E-state index contributed by atoms with van der Waals surface area (Å²) in [4.78, 5) is 23.5. The van der Waals surface area contributed by atoms with E-state index in [-0.39, 0.29) is 23.5 Å². The van der Waals surface area contributed by atoms with Crippen molar-refractivity contribution in [2.45, 2.75) is 5.92 Å². The molecule has 3 rings (SSSR count). The van der Waals surface area contributed by atoms with Crippen LogP contribution in [0.5, 0.6) is 0 Å². The van der Waals surface area contributed by atoms with Gasteiger partial charge in [0, 0.05) is 23.3 Å². The number of rotatable bonds is 4. The molecule has 1 aliphatic rings. The lowest BCUT2D eigenvalue weighted by atomic mass is 10.0. The third-order valence-electron chi connectivity index (χ3n) is 3.78. The maximum Gasteiger partial charge on any atom is 0.167 e. The van der Waals surface area contributed by atoms with Crippen molar-refractivity contribution in [3.8, 4) is 0 Å². The molecule has 2 unspecified atom stereocenters. The van der Waals surface area contributed by atoms with Crippen LogP contribution in [0.3, 0.4) is 0 Å². The molecule has 2 aromatic rings. The van der Waals surface area contributed by atoms with Gasteiger partial charge in [-0.2, -0.15) is 0 Å².